The Kier molecular flexibility index (Phi) is 6.17. The van der Waals surface area contributed by atoms with Gasteiger partial charge >= 0.3 is 0 Å². The zero-order valence-corrected chi connectivity index (χ0v) is 28.1. The molecule has 2 aliphatic rings. The van der Waals surface area contributed by atoms with Gasteiger partial charge in [-0.3, -0.25) is 0 Å². The van der Waals surface area contributed by atoms with Crippen molar-refractivity contribution >= 4 is 11.0 Å². The van der Waals surface area contributed by atoms with Gasteiger partial charge in [-0.05, 0) is 63.2 Å². The summed E-state index contributed by atoms with van der Waals surface area (Å²) in [6.07, 6.45) is 0. The number of hydrogen-bond acceptors (Lipinski definition) is 3. The molecule has 0 amide bonds. The fourth-order valence-electron chi connectivity index (χ4n) is 8.70. The summed E-state index contributed by atoms with van der Waals surface area (Å²) in [5.74, 6) is 1.64. The number of rotatable bonds is 4. The Morgan fingerprint density at radius 2 is 0.962 bits per heavy atom. The van der Waals surface area contributed by atoms with Crippen LogP contribution in [0.4, 0.5) is 0 Å². The molecule has 3 heteroatoms. The van der Waals surface area contributed by atoms with Gasteiger partial charge < -0.3 is 4.42 Å². The lowest BCUT2D eigenvalue weighted by Gasteiger charge is -2.30. The smallest absolute Gasteiger partial charge is 0.160 e. The molecule has 11 rings (SSSR count). The van der Waals surface area contributed by atoms with E-state index in [1.54, 1.807) is 0 Å². The lowest BCUT2D eigenvalue weighted by atomic mass is 9.70. The van der Waals surface area contributed by atoms with Crippen LogP contribution >= 0.6 is 0 Å². The van der Waals surface area contributed by atoms with Crippen molar-refractivity contribution in [2.75, 3.05) is 0 Å². The number of nitrogens with zero attached hydrogens (tertiary/aromatic N) is 2. The summed E-state index contributed by atoms with van der Waals surface area (Å²) < 4.78 is 6.78. The molecule has 2 aromatic heterocycles. The van der Waals surface area contributed by atoms with Gasteiger partial charge in [0.05, 0.1) is 16.8 Å². The molecule has 7 aromatic carbocycles. The molecule has 52 heavy (non-hydrogen) atoms. The van der Waals surface area contributed by atoms with E-state index in [0.29, 0.717) is 5.82 Å². The second-order valence-electron chi connectivity index (χ2n) is 13.7. The molecule has 0 unspecified atom stereocenters. The lowest BCUT2D eigenvalue weighted by molar-refractivity contribution is 0.628. The van der Waals surface area contributed by atoms with E-state index < -0.39 is 5.41 Å². The van der Waals surface area contributed by atoms with Crippen LogP contribution in [0.25, 0.3) is 78.4 Å². The number of aromatic nitrogens is 2. The summed E-state index contributed by atoms with van der Waals surface area (Å²) in [4.78, 5) is 10.4. The number of para-hydroxylation sites is 1. The van der Waals surface area contributed by atoms with Gasteiger partial charge in [0.1, 0.15) is 11.3 Å². The van der Waals surface area contributed by atoms with E-state index in [-0.39, 0.29) is 0 Å². The average molecular weight is 663 g/mol. The number of fused-ring (bicyclic) bond motifs is 12. The van der Waals surface area contributed by atoms with Gasteiger partial charge in [-0.1, -0.05) is 158 Å². The highest BCUT2D eigenvalue weighted by atomic mass is 16.3. The van der Waals surface area contributed by atoms with Crippen LogP contribution in [0.15, 0.2) is 186 Å². The third-order valence-electron chi connectivity index (χ3n) is 10.9. The highest BCUT2D eigenvalue weighted by molar-refractivity contribution is 6.02. The molecule has 3 nitrogen and oxygen atoms in total. The second kappa shape index (κ2) is 11.1. The third-order valence-corrected chi connectivity index (χ3v) is 10.9. The largest absolute Gasteiger partial charge is 0.456 e. The molecular weight excluding hydrogens is 633 g/mol. The first kappa shape index (κ1) is 28.9. The van der Waals surface area contributed by atoms with Gasteiger partial charge in [-0.15, -0.1) is 0 Å². The quantitative estimate of drug-likeness (QED) is 0.188. The minimum Gasteiger partial charge on any atom is -0.456 e. The van der Waals surface area contributed by atoms with E-state index in [1.807, 2.05) is 18.2 Å². The summed E-state index contributed by atoms with van der Waals surface area (Å²) >= 11 is 0. The molecule has 0 N–H and O–H groups in total. The third kappa shape index (κ3) is 4.08. The van der Waals surface area contributed by atoms with Crippen LogP contribution in [-0.4, -0.2) is 9.97 Å². The summed E-state index contributed by atoms with van der Waals surface area (Å²) in [6.45, 7) is 0. The molecule has 242 valence electrons. The maximum atomic E-state index is 6.78. The van der Waals surface area contributed by atoms with Crippen LogP contribution in [0.1, 0.15) is 22.3 Å². The highest BCUT2D eigenvalue weighted by Gasteiger charge is 2.54. The molecule has 2 aliphatic carbocycles. The summed E-state index contributed by atoms with van der Waals surface area (Å²) in [7, 11) is 0. The van der Waals surface area contributed by atoms with Crippen molar-refractivity contribution in [1.82, 2.24) is 9.97 Å². The lowest BCUT2D eigenvalue weighted by Crippen LogP contribution is -2.25. The maximum absolute atomic E-state index is 6.78. The van der Waals surface area contributed by atoms with Gasteiger partial charge in [-0.25, -0.2) is 9.97 Å². The average Bonchev–Trinajstić information content (AvgIpc) is 3.85. The van der Waals surface area contributed by atoms with Crippen molar-refractivity contribution < 1.29 is 4.42 Å². The van der Waals surface area contributed by atoms with Gasteiger partial charge in [0.15, 0.2) is 5.82 Å². The first-order chi connectivity index (χ1) is 25.8. The van der Waals surface area contributed by atoms with E-state index in [0.717, 1.165) is 55.9 Å². The zero-order valence-electron chi connectivity index (χ0n) is 28.1. The Morgan fingerprint density at radius 1 is 0.385 bits per heavy atom. The van der Waals surface area contributed by atoms with Crippen molar-refractivity contribution in [2.45, 2.75) is 5.41 Å². The van der Waals surface area contributed by atoms with Gasteiger partial charge in [0, 0.05) is 33.2 Å². The van der Waals surface area contributed by atoms with Crippen LogP contribution in [0.2, 0.25) is 0 Å². The number of benzene rings is 7. The SMILES string of the molecule is c1ccc(-c2cccc(-c3cc(-c4ccc5c(c4)C4(c6ccccc6-c6ccccc64)c4c-5oc5ccccc45)nc(-c4ccccc4)n3)c2)cc1. The first-order valence-electron chi connectivity index (χ1n) is 17.7. The second-order valence-corrected chi connectivity index (χ2v) is 13.7. The predicted octanol–water partition coefficient (Wildman–Crippen LogP) is 12.2. The minimum absolute atomic E-state index is 0.539. The molecule has 0 atom stereocenters. The molecule has 2 heterocycles. The summed E-state index contributed by atoms with van der Waals surface area (Å²) in [5, 5.41) is 1.15. The molecule has 9 aromatic rings. The monoisotopic (exact) mass is 662 g/mol. The van der Waals surface area contributed by atoms with Crippen LogP contribution in [0.3, 0.4) is 0 Å². The Bertz CT molecular complexity index is 2810. The van der Waals surface area contributed by atoms with Crippen molar-refractivity contribution in [3.63, 3.8) is 0 Å². The zero-order chi connectivity index (χ0) is 34.2. The Labute approximate surface area is 301 Å². The standard InChI is InChI=1S/C49H30N2O/c1-3-14-31(15-4-1)33-18-13-19-34(28-33)43-30-44(51-48(50-43)32-16-5-2-6-17-32)35-26-27-38-42(29-35)49(46-39-22-9-12-25-45(39)52-47(38)46)40-23-10-7-20-36(40)37-21-8-11-24-41(37)49/h1-30H. The molecule has 0 bridgehead atoms. The molecule has 0 fully saturated rings. The summed E-state index contributed by atoms with van der Waals surface area (Å²) in [5.41, 5.74) is 16.2. The van der Waals surface area contributed by atoms with E-state index in [1.165, 1.54) is 38.9 Å². The Hall–Kier alpha value is -6.84. The topological polar surface area (TPSA) is 38.9 Å². The van der Waals surface area contributed by atoms with Crippen molar-refractivity contribution in [3.8, 4) is 67.5 Å². The molecule has 0 saturated heterocycles. The Balaban J connectivity index is 1.17. The van der Waals surface area contributed by atoms with E-state index in [4.69, 9.17) is 14.4 Å². The fraction of sp³-hybridized carbons (Fsp3) is 0.0204. The molecule has 0 aliphatic heterocycles. The molecule has 0 saturated carbocycles. The molecular formula is C49H30N2O. The Morgan fingerprint density at radius 3 is 1.69 bits per heavy atom. The van der Waals surface area contributed by atoms with Crippen LogP contribution in [0, 0.1) is 0 Å². The van der Waals surface area contributed by atoms with Crippen LogP contribution in [-0.2, 0) is 5.41 Å². The number of furan rings is 1. The highest BCUT2D eigenvalue weighted by Crippen LogP contribution is 2.65. The van der Waals surface area contributed by atoms with Crippen molar-refractivity contribution in [3.05, 3.63) is 204 Å². The fourth-order valence-corrected chi connectivity index (χ4v) is 8.70. The normalized spacial score (nSPS) is 13.2. The van der Waals surface area contributed by atoms with E-state index in [2.05, 4.69) is 164 Å². The minimum atomic E-state index is -0.539. The number of hydrogen-bond donors (Lipinski definition) is 0. The van der Waals surface area contributed by atoms with Crippen molar-refractivity contribution in [2.24, 2.45) is 0 Å². The van der Waals surface area contributed by atoms with Gasteiger partial charge in [-0.2, -0.15) is 0 Å². The van der Waals surface area contributed by atoms with Crippen molar-refractivity contribution in [1.29, 1.82) is 0 Å². The maximum Gasteiger partial charge on any atom is 0.160 e. The van der Waals surface area contributed by atoms with E-state index in [9.17, 15) is 0 Å². The summed E-state index contributed by atoms with van der Waals surface area (Å²) in [6, 6.07) is 64.6. The van der Waals surface area contributed by atoms with E-state index >= 15 is 0 Å². The predicted molar refractivity (Wildman–Crippen MR) is 210 cm³/mol. The molecule has 0 radical (unpaired) electrons. The van der Waals surface area contributed by atoms with Gasteiger partial charge in [0.25, 0.3) is 0 Å². The molecule has 1 spiro atoms. The van der Waals surface area contributed by atoms with Gasteiger partial charge in [0.2, 0.25) is 0 Å². The van der Waals surface area contributed by atoms with Crippen LogP contribution in [0.5, 0.6) is 0 Å². The van der Waals surface area contributed by atoms with Crippen LogP contribution < -0.4 is 0 Å². The first-order valence-corrected chi connectivity index (χ1v) is 17.7.